The minimum atomic E-state index is -0.570. The number of rotatable bonds is 4. The third-order valence-corrected chi connectivity index (χ3v) is 6.05. The molecule has 1 amide bonds. The fraction of sp³-hybridized carbons (Fsp3) is 0.778. The lowest BCUT2D eigenvalue weighted by Gasteiger charge is -2.40. The van der Waals surface area contributed by atoms with Gasteiger partial charge in [-0.25, -0.2) is 0 Å². The Kier molecular flexibility index (Phi) is 4.50. The highest BCUT2D eigenvalue weighted by Crippen LogP contribution is 2.44. The lowest BCUT2D eigenvalue weighted by atomic mass is 9.69. The van der Waals surface area contributed by atoms with Crippen molar-refractivity contribution in [1.82, 2.24) is 10.1 Å². The second-order valence-corrected chi connectivity index (χ2v) is 7.32. The number of hydrogen-bond acceptors (Lipinski definition) is 4. The van der Waals surface area contributed by atoms with Crippen LogP contribution in [-0.2, 0) is 11.2 Å². The quantitative estimate of drug-likeness (QED) is 0.926. The molecule has 128 valence electrons. The van der Waals surface area contributed by atoms with Crippen molar-refractivity contribution in [3.05, 3.63) is 17.0 Å². The van der Waals surface area contributed by atoms with Crippen molar-refractivity contribution in [3.8, 4) is 0 Å². The Morgan fingerprint density at radius 3 is 2.87 bits per heavy atom. The van der Waals surface area contributed by atoms with Crippen LogP contribution in [0, 0.1) is 25.7 Å². The van der Waals surface area contributed by atoms with Gasteiger partial charge in [-0.2, -0.15) is 0 Å². The number of hydrogen-bond donors (Lipinski definition) is 1. The summed E-state index contributed by atoms with van der Waals surface area (Å²) in [6, 6.07) is 0. The zero-order valence-electron chi connectivity index (χ0n) is 14.5. The number of carbonyl (C=O) groups excluding carboxylic acids is 1. The Bertz CT molecular complexity index is 563. The summed E-state index contributed by atoms with van der Waals surface area (Å²) in [6.07, 6.45) is 5.06. The van der Waals surface area contributed by atoms with E-state index in [0.29, 0.717) is 18.8 Å². The van der Waals surface area contributed by atoms with E-state index in [1.807, 2.05) is 18.7 Å². The third kappa shape index (κ3) is 3.03. The zero-order valence-corrected chi connectivity index (χ0v) is 14.5. The van der Waals surface area contributed by atoms with Crippen LogP contribution in [0.1, 0.15) is 56.0 Å². The van der Waals surface area contributed by atoms with E-state index in [4.69, 9.17) is 4.52 Å². The highest BCUT2D eigenvalue weighted by atomic mass is 16.5. The summed E-state index contributed by atoms with van der Waals surface area (Å²) in [5, 5.41) is 14.8. The van der Waals surface area contributed by atoms with Crippen LogP contribution in [0.2, 0.25) is 0 Å². The predicted molar refractivity (Wildman–Crippen MR) is 86.9 cm³/mol. The second-order valence-electron chi connectivity index (χ2n) is 7.32. The first-order chi connectivity index (χ1) is 10.9. The van der Waals surface area contributed by atoms with E-state index in [0.717, 1.165) is 55.8 Å². The van der Waals surface area contributed by atoms with Crippen molar-refractivity contribution >= 4 is 5.91 Å². The first-order valence-corrected chi connectivity index (χ1v) is 8.86. The van der Waals surface area contributed by atoms with Gasteiger partial charge in [-0.15, -0.1) is 0 Å². The fourth-order valence-corrected chi connectivity index (χ4v) is 4.52. The number of fused-ring (bicyclic) bond motifs is 1. The molecule has 1 aromatic heterocycles. The molecule has 0 aromatic carbocycles. The van der Waals surface area contributed by atoms with Gasteiger partial charge in [-0.1, -0.05) is 18.5 Å². The molecule has 2 fully saturated rings. The molecule has 0 spiro atoms. The summed E-state index contributed by atoms with van der Waals surface area (Å²) in [4.78, 5) is 14.6. The minimum absolute atomic E-state index is 0.192. The number of amides is 1. The van der Waals surface area contributed by atoms with Gasteiger partial charge in [0, 0.05) is 31.0 Å². The topological polar surface area (TPSA) is 66.6 Å². The lowest BCUT2D eigenvalue weighted by Crippen LogP contribution is -2.44. The molecule has 3 rings (SSSR count). The van der Waals surface area contributed by atoms with Gasteiger partial charge in [-0.3, -0.25) is 4.79 Å². The molecule has 5 heteroatoms. The first kappa shape index (κ1) is 16.5. The van der Waals surface area contributed by atoms with Gasteiger partial charge in [-0.05, 0) is 45.4 Å². The van der Waals surface area contributed by atoms with Gasteiger partial charge in [0.05, 0.1) is 11.3 Å². The Balaban J connectivity index is 1.61. The monoisotopic (exact) mass is 320 g/mol. The van der Waals surface area contributed by atoms with Crippen molar-refractivity contribution in [2.45, 2.75) is 64.9 Å². The van der Waals surface area contributed by atoms with Crippen LogP contribution >= 0.6 is 0 Å². The number of aryl methyl sites for hydroxylation is 2. The molecular weight excluding hydrogens is 292 g/mol. The maximum atomic E-state index is 12.6. The molecule has 1 N–H and O–H groups in total. The van der Waals surface area contributed by atoms with Gasteiger partial charge in [0.25, 0.3) is 0 Å². The maximum absolute atomic E-state index is 12.6. The average molecular weight is 320 g/mol. The van der Waals surface area contributed by atoms with Crippen molar-refractivity contribution in [2.24, 2.45) is 11.8 Å². The van der Waals surface area contributed by atoms with Crippen LogP contribution in [0.4, 0.5) is 0 Å². The van der Waals surface area contributed by atoms with Gasteiger partial charge >= 0.3 is 0 Å². The van der Waals surface area contributed by atoms with Crippen LogP contribution in [0.25, 0.3) is 0 Å². The molecule has 1 aromatic rings. The molecule has 23 heavy (non-hydrogen) atoms. The van der Waals surface area contributed by atoms with Crippen molar-refractivity contribution in [3.63, 3.8) is 0 Å². The molecule has 1 aliphatic heterocycles. The minimum Gasteiger partial charge on any atom is -0.390 e. The lowest BCUT2D eigenvalue weighted by molar-refractivity contribution is -0.130. The van der Waals surface area contributed by atoms with E-state index in [1.165, 1.54) is 0 Å². The highest BCUT2D eigenvalue weighted by Gasteiger charge is 2.48. The molecule has 1 saturated carbocycles. The standard InChI is InChI=1S/C18H28N2O3/c1-4-18(22)9-5-6-14-10-20(11-16(14)18)17(21)8-7-15-12(2)19-23-13(15)3/h14,16,22H,4-11H2,1-3H3/t14-,16+,18-/m0/s1. The smallest absolute Gasteiger partial charge is 0.222 e. The van der Waals surface area contributed by atoms with Gasteiger partial charge in [0.2, 0.25) is 5.91 Å². The molecule has 3 atom stereocenters. The largest absolute Gasteiger partial charge is 0.390 e. The van der Waals surface area contributed by atoms with E-state index in [-0.39, 0.29) is 11.8 Å². The van der Waals surface area contributed by atoms with E-state index in [9.17, 15) is 9.90 Å². The van der Waals surface area contributed by atoms with Crippen LogP contribution in [0.3, 0.4) is 0 Å². The average Bonchev–Trinajstić information content (AvgIpc) is 3.11. The summed E-state index contributed by atoms with van der Waals surface area (Å²) in [6.45, 7) is 7.40. The fourth-order valence-electron chi connectivity index (χ4n) is 4.52. The van der Waals surface area contributed by atoms with Crippen LogP contribution in [0.15, 0.2) is 4.52 Å². The maximum Gasteiger partial charge on any atom is 0.222 e. The zero-order chi connectivity index (χ0) is 16.6. The van der Waals surface area contributed by atoms with Crippen molar-refractivity contribution < 1.29 is 14.4 Å². The van der Waals surface area contributed by atoms with E-state index in [2.05, 4.69) is 12.1 Å². The Labute approximate surface area is 138 Å². The van der Waals surface area contributed by atoms with Gasteiger partial charge < -0.3 is 14.5 Å². The highest BCUT2D eigenvalue weighted by molar-refractivity contribution is 5.77. The third-order valence-electron chi connectivity index (χ3n) is 6.05. The van der Waals surface area contributed by atoms with Gasteiger partial charge in [0.1, 0.15) is 5.76 Å². The normalized spacial score (nSPS) is 30.5. The second kappa shape index (κ2) is 6.27. The molecule has 1 aliphatic carbocycles. The SMILES string of the molecule is CC[C@]1(O)CCC[C@H]2CN(C(=O)CCc3c(C)noc3C)C[C@H]21. The summed E-state index contributed by atoms with van der Waals surface area (Å²) in [5.74, 6) is 1.73. The summed E-state index contributed by atoms with van der Waals surface area (Å²) >= 11 is 0. The van der Waals surface area contributed by atoms with Crippen LogP contribution < -0.4 is 0 Å². The van der Waals surface area contributed by atoms with Crippen LogP contribution in [-0.4, -0.2) is 39.8 Å². The molecule has 1 saturated heterocycles. The Hall–Kier alpha value is -1.36. The van der Waals surface area contributed by atoms with Crippen LogP contribution in [0.5, 0.6) is 0 Å². The number of likely N-dealkylation sites (tertiary alicyclic amines) is 1. The molecule has 0 unspecified atom stereocenters. The first-order valence-electron chi connectivity index (χ1n) is 8.86. The molecule has 2 aliphatic rings. The molecule has 0 bridgehead atoms. The number of nitrogens with zero attached hydrogens (tertiary/aromatic N) is 2. The molecule has 0 radical (unpaired) electrons. The van der Waals surface area contributed by atoms with E-state index >= 15 is 0 Å². The number of aliphatic hydroxyl groups is 1. The summed E-state index contributed by atoms with van der Waals surface area (Å²) in [5.41, 5.74) is 1.37. The van der Waals surface area contributed by atoms with E-state index < -0.39 is 5.60 Å². The van der Waals surface area contributed by atoms with Crippen molar-refractivity contribution in [2.75, 3.05) is 13.1 Å². The Morgan fingerprint density at radius 2 is 2.22 bits per heavy atom. The molecular formula is C18H28N2O3. The molecule has 5 nitrogen and oxygen atoms in total. The van der Waals surface area contributed by atoms with Gasteiger partial charge in [0.15, 0.2) is 0 Å². The van der Waals surface area contributed by atoms with Crippen molar-refractivity contribution in [1.29, 1.82) is 0 Å². The summed E-state index contributed by atoms with van der Waals surface area (Å²) < 4.78 is 5.16. The summed E-state index contributed by atoms with van der Waals surface area (Å²) in [7, 11) is 0. The predicted octanol–water partition coefficient (Wildman–Crippen LogP) is 2.62. The molecule has 2 heterocycles. The Morgan fingerprint density at radius 1 is 1.43 bits per heavy atom. The number of aromatic nitrogens is 1. The van der Waals surface area contributed by atoms with E-state index in [1.54, 1.807) is 0 Å². The number of carbonyl (C=O) groups is 1.